The van der Waals surface area contributed by atoms with Gasteiger partial charge in [-0.3, -0.25) is 9.59 Å². The Bertz CT molecular complexity index is 741. The molecule has 0 radical (unpaired) electrons. The van der Waals surface area contributed by atoms with Gasteiger partial charge in [-0.15, -0.1) is 0 Å². The van der Waals surface area contributed by atoms with E-state index < -0.39 is 5.91 Å². The van der Waals surface area contributed by atoms with E-state index in [0.717, 1.165) is 36.3 Å². The lowest BCUT2D eigenvalue weighted by Crippen LogP contribution is -2.49. The van der Waals surface area contributed by atoms with Crippen molar-refractivity contribution in [3.63, 3.8) is 0 Å². The van der Waals surface area contributed by atoms with Crippen molar-refractivity contribution in [1.82, 2.24) is 0 Å². The van der Waals surface area contributed by atoms with Crippen LogP contribution in [0.25, 0.3) is 0 Å². The van der Waals surface area contributed by atoms with Crippen molar-refractivity contribution in [2.45, 2.75) is 44.9 Å². The van der Waals surface area contributed by atoms with Crippen LogP contribution in [-0.4, -0.2) is 24.9 Å². The molecule has 4 bridgehead atoms. The fourth-order valence-electron chi connectivity index (χ4n) is 6.59. The minimum absolute atomic E-state index is 0.140. The van der Waals surface area contributed by atoms with E-state index in [-0.39, 0.29) is 11.8 Å². The van der Waals surface area contributed by atoms with Crippen LogP contribution in [0.4, 0.5) is 11.4 Å². The number of carbonyl (C=O) groups is 2. The van der Waals surface area contributed by atoms with E-state index in [1.165, 1.54) is 44.9 Å². The highest BCUT2D eigenvalue weighted by Gasteiger charge is 2.50. The first-order valence-electron chi connectivity index (χ1n) is 10.6. The summed E-state index contributed by atoms with van der Waals surface area (Å²) < 4.78 is 0. The predicted molar refractivity (Wildman–Crippen MR) is 106 cm³/mol. The largest absolute Gasteiger partial charge is 0.370 e. The third-order valence-electron chi connectivity index (χ3n) is 7.52. The molecule has 144 valence electrons. The first kappa shape index (κ1) is 17.1. The van der Waals surface area contributed by atoms with Crippen molar-refractivity contribution in [2.24, 2.45) is 35.3 Å². The Morgan fingerprint density at radius 3 is 2.19 bits per heavy atom. The summed E-state index contributed by atoms with van der Waals surface area (Å²) in [5.74, 6) is 2.66. The molecule has 0 atom stereocenters. The van der Waals surface area contributed by atoms with E-state index in [2.05, 4.69) is 10.2 Å². The fraction of sp³-hybridized carbons (Fsp3) is 0.636. The smallest absolute Gasteiger partial charge is 0.248 e. The lowest BCUT2D eigenvalue weighted by atomic mass is 9.51. The Morgan fingerprint density at radius 2 is 1.59 bits per heavy atom. The third-order valence-corrected chi connectivity index (χ3v) is 7.52. The molecule has 1 aliphatic heterocycles. The molecular weight excluding hydrogens is 338 g/mol. The van der Waals surface area contributed by atoms with Crippen LogP contribution in [0.15, 0.2) is 18.2 Å². The molecule has 1 aromatic rings. The van der Waals surface area contributed by atoms with Crippen molar-refractivity contribution in [3.8, 4) is 0 Å². The number of anilines is 2. The minimum Gasteiger partial charge on any atom is -0.370 e. The summed E-state index contributed by atoms with van der Waals surface area (Å²) in [7, 11) is 0. The van der Waals surface area contributed by atoms with Gasteiger partial charge >= 0.3 is 0 Å². The molecule has 1 heterocycles. The summed E-state index contributed by atoms with van der Waals surface area (Å²) in [5, 5.41) is 3.22. The van der Waals surface area contributed by atoms with Crippen LogP contribution in [-0.2, 0) is 4.79 Å². The number of hydrogen-bond donors (Lipinski definition) is 2. The van der Waals surface area contributed by atoms with E-state index in [9.17, 15) is 9.59 Å². The summed E-state index contributed by atoms with van der Waals surface area (Å²) in [4.78, 5) is 27.3. The van der Waals surface area contributed by atoms with Gasteiger partial charge in [-0.2, -0.15) is 0 Å². The number of primary amides is 1. The Kier molecular flexibility index (Phi) is 4.14. The molecule has 4 saturated carbocycles. The van der Waals surface area contributed by atoms with Gasteiger partial charge in [0.2, 0.25) is 11.8 Å². The highest BCUT2D eigenvalue weighted by molar-refractivity contribution is 6.00. The average molecular weight is 367 g/mol. The first-order chi connectivity index (χ1) is 13.1. The SMILES string of the molecule is NC(=O)c1ccc(N2CCCC2)c(NC(=O)C2C3CC4CC(C3)CC2C4)c1. The molecule has 1 saturated heterocycles. The quantitative estimate of drug-likeness (QED) is 0.856. The fourth-order valence-corrected chi connectivity index (χ4v) is 6.59. The van der Waals surface area contributed by atoms with Gasteiger partial charge in [0.05, 0.1) is 11.4 Å². The van der Waals surface area contributed by atoms with E-state index >= 15 is 0 Å². The molecule has 4 aliphatic carbocycles. The van der Waals surface area contributed by atoms with E-state index in [0.29, 0.717) is 17.4 Å². The predicted octanol–water partition coefficient (Wildman–Crippen LogP) is 3.40. The van der Waals surface area contributed by atoms with Gasteiger partial charge in [0, 0.05) is 24.6 Å². The first-order valence-corrected chi connectivity index (χ1v) is 10.6. The van der Waals surface area contributed by atoms with Crippen LogP contribution in [0.3, 0.4) is 0 Å². The van der Waals surface area contributed by atoms with Gasteiger partial charge in [-0.05, 0) is 86.8 Å². The normalized spacial score (nSPS) is 34.1. The Hall–Kier alpha value is -2.04. The summed E-state index contributed by atoms with van der Waals surface area (Å²) >= 11 is 0. The van der Waals surface area contributed by atoms with Crippen LogP contribution in [0.2, 0.25) is 0 Å². The molecule has 0 aromatic heterocycles. The maximum atomic E-state index is 13.3. The summed E-state index contributed by atoms with van der Waals surface area (Å²) in [5.41, 5.74) is 7.73. The van der Waals surface area contributed by atoms with E-state index in [4.69, 9.17) is 5.73 Å². The number of rotatable bonds is 4. The van der Waals surface area contributed by atoms with Gasteiger partial charge < -0.3 is 16.0 Å². The topological polar surface area (TPSA) is 75.4 Å². The monoisotopic (exact) mass is 367 g/mol. The molecule has 5 heteroatoms. The second-order valence-corrected chi connectivity index (χ2v) is 9.24. The summed E-state index contributed by atoms with van der Waals surface area (Å²) in [6.07, 6.45) is 8.63. The zero-order valence-electron chi connectivity index (χ0n) is 15.8. The summed E-state index contributed by atoms with van der Waals surface area (Å²) in [6, 6.07) is 5.48. The van der Waals surface area contributed by atoms with Crippen LogP contribution in [0.1, 0.15) is 55.3 Å². The molecular formula is C22H29N3O2. The number of hydrogen-bond acceptors (Lipinski definition) is 3. The van der Waals surface area contributed by atoms with Crippen LogP contribution < -0.4 is 16.0 Å². The number of nitrogens with one attached hydrogen (secondary N) is 1. The van der Waals surface area contributed by atoms with Crippen molar-refractivity contribution in [1.29, 1.82) is 0 Å². The Morgan fingerprint density at radius 1 is 0.963 bits per heavy atom. The molecule has 5 aliphatic rings. The Balaban J connectivity index is 1.41. The number of benzene rings is 1. The number of amides is 2. The van der Waals surface area contributed by atoms with Gasteiger partial charge in [0.15, 0.2) is 0 Å². The van der Waals surface area contributed by atoms with Gasteiger partial charge in [-0.1, -0.05) is 0 Å². The number of nitrogens with two attached hydrogens (primary N) is 1. The molecule has 5 nitrogen and oxygen atoms in total. The van der Waals surface area contributed by atoms with Crippen molar-refractivity contribution >= 4 is 23.2 Å². The van der Waals surface area contributed by atoms with Crippen LogP contribution >= 0.6 is 0 Å². The minimum atomic E-state index is -0.451. The van der Waals surface area contributed by atoms with Crippen molar-refractivity contribution < 1.29 is 9.59 Å². The van der Waals surface area contributed by atoms with Crippen molar-refractivity contribution in [2.75, 3.05) is 23.3 Å². The highest BCUT2D eigenvalue weighted by Crippen LogP contribution is 2.56. The molecule has 5 fully saturated rings. The summed E-state index contributed by atoms with van der Waals surface area (Å²) in [6.45, 7) is 1.99. The third kappa shape index (κ3) is 3.01. The number of carbonyl (C=O) groups excluding carboxylic acids is 2. The lowest BCUT2D eigenvalue weighted by Gasteiger charge is -2.53. The highest BCUT2D eigenvalue weighted by atomic mass is 16.2. The Labute approximate surface area is 160 Å². The number of nitrogens with zero attached hydrogens (tertiary/aromatic N) is 1. The second kappa shape index (κ2) is 6.54. The maximum absolute atomic E-state index is 13.3. The zero-order chi connectivity index (χ0) is 18.5. The molecule has 1 aromatic carbocycles. The molecule has 3 N–H and O–H groups in total. The van der Waals surface area contributed by atoms with Gasteiger partial charge in [0.25, 0.3) is 0 Å². The van der Waals surface area contributed by atoms with Crippen molar-refractivity contribution in [3.05, 3.63) is 23.8 Å². The van der Waals surface area contributed by atoms with E-state index in [1.54, 1.807) is 12.1 Å². The molecule has 0 spiro atoms. The van der Waals surface area contributed by atoms with Gasteiger partial charge in [-0.25, -0.2) is 0 Å². The molecule has 2 amide bonds. The van der Waals surface area contributed by atoms with Crippen LogP contribution in [0.5, 0.6) is 0 Å². The molecule has 0 unspecified atom stereocenters. The molecule has 6 rings (SSSR count). The lowest BCUT2D eigenvalue weighted by molar-refractivity contribution is -0.132. The second-order valence-electron chi connectivity index (χ2n) is 9.24. The molecule has 27 heavy (non-hydrogen) atoms. The average Bonchev–Trinajstić information content (AvgIpc) is 3.15. The van der Waals surface area contributed by atoms with E-state index in [1.807, 2.05) is 6.07 Å². The van der Waals surface area contributed by atoms with Gasteiger partial charge in [0.1, 0.15) is 0 Å². The standard InChI is InChI=1S/C22H29N3O2/c23-21(26)15-3-4-19(25-5-1-2-6-25)18(12-15)24-22(27)20-16-8-13-7-14(10-16)11-17(20)9-13/h3-4,12-14,16-17,20H,1-2,5-11H2,(H2,23,26)(H,24,27). The maximum Gasteiger partial charge on any atom is 0.248 e. The zero-order valence-corrected chi connectivity index (χ0v) is 15.8. The van der Waals surface area contributed by atoms with Crippen LogP contribution in [0, 0.1) is 29.6 Å².